The third-order valence-corrected chi connectivity index (χ3v) is 2.05. The average molecular weight is 237 g/mol. The molecule has 0 atom stereocenters. The van der Waals surface area contributed by atoms with Crippen molar-refractivity contribution in [3.63, 3.8) is 0 Å². The van der Waals surface area contributed by atoms with Crippen LogP contribution in [0.15, 0.2) is 18.2 Å². The number of benzene rings is 1. The number of nitrogens with one attached hydrogen (secondary N) is 1. The zero-order valence-electron chi connectivity index (χ0n) is 11.4. The van der Waals surface area contributed by atoms with Crippen LogP contribution < -0.4 is 14.8 Å². The SMILES string of the molecule is CCNc1ccc(OC(C)C)c(OC(C)C)c1. The first kappa shape index (κ1) is 13.7. The van der Waals surface area contributed by atoms with Gasteiger partial charge in [-0.25, -0.2) is 0 Å². The van der Waals surface area contributed by atoms with E-state index in [2.05, 4.69) is 12.2 Å². The van der Waals surface area contributed by atoms with E-state index in [4.69, 9.17) is 9.47 Å². The van der Waals surface area contributed by atoms with Crippen LogP contribution in [-0.2, 0) is 0 Å². The molecule has 96 valence electrons. The fourth-order valence-corrected chi connectivity index (χ4v) is 1.52. The normalized spacial score (nSPS) is 10.8. The molecule has 0 amide bonds. The van der Waals surface area contributed by atoms with E-state index in [-0.39, 0.29) is 12.2 Å². The Balaban J connectivity index is 2.94. The molecule has 1 aromatic rings. The molecule has 1 rings (SSSR count). The van der Waals surface area contributed by atoms with Crippen molar-refractivity contribution in [2.75, 3.05) is 11.9 Å². The lowest BCUT2D eigenvalue weighted by molar-refractivity contribution is 0.199. The van der Waals surface area contributed by atoms with Gasteiger partial charge in [-0.2, -0.15) is 0 Å². The van der Waals surface area contributed by atoms with Crippen molar-refractivity contribution in [1.29, 1.82) is 0 Å². The minimum Gasteiger partial charge on any atom is -0.487 e. The number of rotatable bonds is 6. The summed E-state index contributed by atoms with van der Waals surface area (Å²) in [7, 11) is 0. The van der Waals surface area contributed by atoms with Gasteiger partial charge in [0.1, 0.15) is 0 Å². The Bertz CT molecular complexity index is 348. The van der Waals surface area contributed by atoms with Gasteiger partial charge in [-0.3, -0.25) is 0 Å². The van der Waals surface area contributed by atoms with E-state index < -0.39 is 0 Å². The third-order valence-electron chi connectivity index (χ3n) is 2.05. The monoisotopic (exact) mass is 237 g/mol. The van der Waals surface area contributed by atoms with E-state index in [0.717, 1.165) is 23.7 Å². The van der Waals surface area contributed by atoms with Crippen LogP contribution in [0, 0.1) is 0 Å². The standard InChI is InChI=1S/C14H23NO2/c1-6-15-12-7-8-13(16-10(2)3)14(9-12)17-11(4)5/h7-11,15H,6H2,1-5H3. The fraction of sp³-hybridized carbons (Fsp3) is 0.571. The molecule has 0 heterocycles. The second-order valence-corrected chi connectivity index (χ2v) is 4.53. The maximum atomic E-state index is 5.77. The molecule has 1 aromatic carbocycles. The highest BCUT2D eigenvalue weighted by molar-refractivity contribution is 5.54. The summed E-state index contributed by atoms with van der Waals surface area (Å²) in [4.78, 5) is 0. The van der Waals surface area contributed by atoms with Crippen molar-refractivity contribution >= 4 is 5.69 Å². The molecule has 0 radical (unpaired) electrons. The van der Waals surface area contributed by atoms with Gasteiger partial charge in [0, 0.05) is 18.3 Å². The lowest BCUT2D eigenvalue weighted by atomic mass is 10.2. The number of ether oxygens (including phenoxy) is 2. The van der Waals surface area contributed by atoms with Crippen molar-refractivity contribution in [2.24, 2.45) is 0 Å². The predicted molar refractivity (Wildman–Crippen MR) is 72.1 cm³/mol. The van der Waals surface area contributed by atoms with Crippen LogP contribution in [0.3, 0.4) is 0 Å². The first-order chi connectivity index (χ1) is 8.02. The van der Waals surface area contributed by atoms with E-state index in [1.807, 2.05) is 45.9 Å². The van der Waals surface area contributed by atoms with Crippen molar-refractivity contribution in [3.8, 4) is 11.5 Å². The number of hydrogen-bond acceptors (Lipinski definition) is 3. The summed E-state index contributed by atoms with van der Waals surface area (Å²) in [6, 6.07) is 5.95. The Morgan fingerprint density at radius 2 is 1.59 bits per heavy atom. The second kappa shape index (κ2) is 6.38. The quantitative estimate of drug-likeness (QED) is 0.818. The molecule has 0 aromatic heterocycles. The van der Waals surface area contributed by atoms with Crippen molar-refractivity contribution in [1.82, 2.24) is 0 Å². The second-order valence-electron chi connectivity index (χ2n) is 4.53. The topological polar surface area (TPSA) is 30.5 Å². The number of hydrogen-bond donors (Lipinski definition) is 1. The van der Waals surface area contributed by atoms with Crippen LogP contribution in [0.25, 0.3) is 0 Å². The highest BCUT2D eigenvalue weighted by Gasteiger charge is 2.09. The molecule has 0 bridgehead atoms. The summed E-state index contributed by atoms with van der Waals surface area (Å²) in [6.45, 7) is 11.0. The first-order valence-electron chi connectivity index (χ1n) is 6.24. The molecule has 0 unspecified atom stereocenters. The van der Waals surface area contributed by atoms with Crippen LogP contribution in [-0.4, -0.2) is 18.8 Å². The van der Waals surface area contributed by atoms with Gasteiger partial charge < -0.3 is 14.8 Å². The molecule has 0 aliphatic carbocycles. The van der Waals surface area contributed by atoms with Gasteiger partial charge in [-0.1, -0.05) is 0 Å². The van der Waals surface area contributed by atoms with Gasteiger partial charge in [0.2, 0.25) is 0 Å². The molecule has 0 aliphatic rings. The van der Waals surface area contributed by atoms with Gasteiger partial charge in [-0.05, 0) is 46.8 Å². The minimum absolute atomic E-state index is 0.140. The Morgan fingerprint density at radius 1 is 1.00 bits per heavy atom. The van der Waals surface area contributed by atoms with E-state index in [9.17, 15) is 0 Å². The van der Waals surface area contributed by atoms with Crippen molar-refractivity contribution in [3.05, 3.63) is 18.2 Å². The Kier molecular flexibility index (Phi) is 5.13. The minimum atomic E-state index is 0.140. The summed E-state index contributed by atoms with van der Waals surface area (Å²) in [5.41, 5.74) is 1.05. The predicted octanol–water partition coefficient (Wildman–Crippen LogP) is 3.69. The molecule has 1 N–H and O–H groups in total. The summed E-state index contributed by atoms with van der Waals surface area (Å²) >= 11 is 0. The van der Waals surface area contributed by atoms with Gasteiger partial charge in [0.05, 0.1) is 12.2 Å². The summed E-state index contributed by atoms with van der Waals surface area (Å²) in [6.07, 6.45) is 0.288. The molecule has 3 heteroatoms. The average Bonchev–Trinajstić information content (AvgIpc) is 2.21. The van der Waals surface area contributed by atoms with Crippen LogP contribution in [0.1, 0.15) is 34.6 Å². The molecule has 0 spiro atoms. The maximum Gasteiger partial charge on any atom is 0.163 e. The van der Waals surface area contributed by atoms with Crippen molar-refractivity contribution < 1.29 is 9.47 Å². The van der Waals surface area contributed by atoms with E-state index >= 15 is 0 Å². The Hall–Kier alpha value is -1.38. The van der Waals surface area contributed by atoms with E-state index in [1.165, 1.54) is 0 Å². The summed E-state index contributed by atoms with van der Waals surface area (Å²) in [5.74, 6) is 1.60. The highest BCUT2D eigenvalue weighted by Crippen LogP contribution is 2.32. The fourth-order valence-electron chi connectivity index (χ4n) is 1.52. The smallest absolute Gasteiger partial charge is 0.163 e. The number of anilines is 1. The third kappa shape index (κ3) is 4.55. The highest BCUT2D eigenvalue weighted by atomic mass is 16.5. The van der Waals surface area contributed by atoms with Crippen LogP contribution in [0.2, 0.25) is 0 Å². The van der Waals surface area contributed by atoms with Gasteiger partial charge in [0.25, 0.3) is 0 Å². The summed E-state index contributed by atoms with van der Waals surface area (Å²) < 4.78 is 11.5. The molecular formula is C14H23NO2. The molecular weight excluding hydrogens is 214 g/mol. The first-order valence-corrected chi connectivity index (χ1v) is 6.24. The van der Waals surface area contributed by atoms with Crippen LogP contribution in [0.5, 0.6) is 11.5 Å². The maximum absolute atomic E-state index is 5.77. The van der Waals surface area contributed by atoms with Gasteiger partial charge in [-0.15, -0.1) is 0 Å². The Morgan fingerprint density at radius 3 is 2.12 bits per heavy atom. The Labute approximate surface area is 104 Å². The lowest BCUT2D eigenvalue weighted by Crippen LogP contribution is -2.11. The molecule has 0 aliphatic heterocycles. The van der Waals surface area contributed by atoms with Gasteiger partial charge in [0.15, 0.2) is 11.5 Å². The lowest BCUT2D eigenvalue weighted by Gasteiger charge is -2.18. The molecule has 3 nitrogen and oxygen atoms in total. The molecule has 0 saturated heterocycles. The van der Waals surface area contributed by atoms with Crippen LogP contribution >= 0.6 is 0 Å². The van der Waals surface area contributed by atoms with E-state index in [0.29, 0.717) is 0 Å². The molecule has 0 fully saturated rings. The summed E-state index contributed by atoms with van der Waals surface area (Å²) in [5, 5.41) is 3.27. The molecule has 0 saturated carbocycles. The van der Waals surface area contributed by atoms with E-state index in [1.54, 1.807) is 0 Å². The van der Waals surface area contributed by atoms with Gasteiger partial charge >= 0.3 is 0 Å². The van der Waals surface area contributed by atoms with Crippen molar-refractivity contribution in [2.45, 2.75) is 46.8 Å². The van der Waals surface area contributed by atoms with Crippen LogP contribution in [0.4, 0.5) is 5.69 Å². The zero-order valence-corrected chi connectivity index (χ0v) is 11.4. The zero-order chi connectivity index (χ0) is 12.8. The largest absolute Gasteiger partial charge is 0.487 e. The molecule has 17 heavy (non-hydrogen) atoms.